The third kappa shape index (κ3) is 50.0. The Bertz CT molecular complexity index is 1080. The second-order valence-corrected chi connectivity index (χ2v) is 21.1. The number of phosphoric ester groups is 1. The van der Waals surface area contributed by atoms with Crippen molar-refractivity contribution in [3.8, 4) is 0 Å². The predicted octanol–water partition coefficient (Wildman–Crippen LogP) is 16.1. The molecule has 10 heteroatoms. The lowest BCUT2D eigenvalue weighted by Gasteiger charge is -2.24. The maximum atomic E-state index is 12.8. The Hall–Kier alpha value is -1.25. The molecule has 9 nitrogen and oxygen atoms in total. The van der Waals surface area contributed by atoms with Gasteiger partial charge in [0.1, 0.15) is 19.8 Å². The highest BCUT2D eigenvalue weighted by Crippen LogP contribution is 2.43. The number of hydrogen-bond acceptors (Lipinski definition) is 7. The van der Waals surface area contributed by atoms with Crippen molar-refractivity contribution in [1.82, 2.24) is 0 Å². The Morgan fingerprint density at radius 1 is 0.476 bits per heavy atom. The van der Waals surface area contributed by atoms with E-state index in [0.717, 1.165) is 32.1 Å². The number of nitrogens with zero attached hydrogens (tertiary/aromatic N) is 1. The van der Waals surface area contributed by atoms with Gasteiger partial charge >= 0.3 is 19.8 Å². The summed E-state index contributed by atoms with van der Waals surface area (Å²) in [6.07, 6.45) is 51.2. The smallest absolute Gasteiger partial charge is 0.462 e. The molecule has 1 N–H and O–H groups in total. The number of carbonyl (C=O) groups excluding carboxylic acids is 2. The van der Waals surface area contributed by atoms with Gasteiger partial charge in [-0.25, -0.2) is 4.57 Å². The maximum absolute atomic E-state index is 12.8. The molecule has 0 aromatic heterocycles. The number of ether oxygens (including phenoxy) is 2. The summed E-state index contributed by atoms with van der Waals surface area (Å²) in [4.78, 5) is 35.6. The van der Waals surface area contributed by atoms with Crippen LogP contribution in [0.2, 0.25) is 0 Å². The molecule has 0 saturated carbocycles. The lowest BCUT2D eigenvalue weighted by Crippen LogP contribution is -2.37. The van der Waals surface area contributed by atoms with Crippen LogP contribution < -0.4 is 0 Å². The van der Waals surface area contributed by atoms with Crippen LogP contribution in [0.1, 0.15) is 264 Å². The molecule has 0 bridgehead atoms. The first-order valence-electron chi connectivity index (χ1n) is 26.9. The lowest BCUT2D eigenvalue weighted by molar-refractivity contribution is -0.870. The number of carbonyl (C=O) groups is 2. The highest BCUT2D eigenvalue weighted by molar-refractivity contribution is 7.47. The molecular weight excluding hydrogens is 810 g/mol. The number of allylic oxidation sites excluding steroid dienone is 2. The highest BCUT2D eigenvalue weighted by Gasteiger charge is 2.27. The van der Waals surface area contributed by atoms with Crippen molar-refractivity contribution in [2.45, 2.75) is 270 Å². The number of unbranched alkanes of at least 4 members (excludes halogenated alkanes) is 34. The number of hydrogen-bond donors (Lipinski definition) is 1. The third-order valence-corrected chi connectivity index (χ3v) is 13.0. The van der Waals surface area contributed by atoms with Gasteiger partial charge in [0.05, 0.1) is 27.7 Å². The van der Waals surface area contributed by atoms with Gasteiger partial charge in [0.15, 0.2) is 6.10 Å². The fourth-order valence-corrected chi connectivity index (χ4v) is 8.58. The van der Waals surface area contributed by atoms with Gasteiger partial charge in [-0.05, 0) is 38.5 Å². The van der Waals surface area contributed by atoms with E-state index in [2.05, 4.69) is 26.0 Å². The largest absolute Gasteiger partial charge is 0.472 e. The second-order valence-electron chi connectivity index (χ2n) is 19.6. The number of likely N-dealkylation sites (N-methyl/N-ethyl adjacent to an activating group) is 1. The molecule has 0 spiro atoms. The molecule has 374 valence electrons. The number of esters is 2. The van der Waals surface area contributed by atoms with Crippen molar-refractivity contribution in [1.29, 1.82) is 0 Å². The van der Waals surface area contributed by atoms with Gasteiger partial charge in [-0.2, -0.15) is 0 Å². The van der Waals surface area contributed by atoms with E-state index in [1.165, 1.54) is 199 Å². The monoisotopic (exact) mass is 915 g/mol. The van der Waals surface area contributed by atoms with Gasteiger partial charge in [0, 0.05) is 12.8 Å². The average Bonchev–Trinajstić information content (AvgIpc) is 3.24. The molecule has 1 unspecified atom stereocenters. The fraction of sp³-hybridized carbons (Fsp3) is 0.925. The van der Waals surface area contributed by atoms with Crippen LogP contribution in [0.4, 0.5) is 0 Å². The van der Waals surface area contributed by atoms with Crippen LogP contribution in [-0.4, -0.2) is 74.9 Å². The molecule has 0 aromatic carbocycles. The first-order chi connectivity index (χ1) is 30.5. The van der Waals surface area contributed by atoms with E-state index in [0.29, 0.717) is 23.9 Å². The SMILES string of the molecule is CCCCCCCC/C=C/CCCCCCCCCCCC(=O)OC[C@H](COP(=O)(O)OCC[N+](C)(C)C)OC(=O)CCCCCCCCCCCCCCCCCCCCCC. The molecule has 0 aliphatic carbocycles. The van der Waals surface area contributed by atoms with E-state index >= 15 is 0 Å². The molecule has 0 heterocycles. The van der Waals surface area contributed by atoms with Crippen LogP contribution in [-0.2, 0) is 32.7 Å². The summed E-state index contributed by atoms with van der Waals surface area (Å²) < 4.78 is 34.5. The van der Waals surface area contributed by atoms with Crippen LogP contribution in [0.5, 0.6) is 0 Å². The van der Waals surface area contributed by atoms with E-state index in [1.807, 2.05) is 21.1 Å². The fourth-order valence-electron chi connectivity index (χ4n) is 7.84. The first-order valence-corrected chi connectivity index (χ1v) is 28.4. The molecule has 0 amide bonds. The highest BCUT2D eigenvalue weighted by atomic mass is 31.2. The first kappa shape index (κ1) is 61.8. The van der Waals surface area contributed by atoms with Crippen molar-refractivity contribution in [2.75, 3.05) is 47.5 Å². The molecule has 0 fully saturated rings. The number of phosphoric acid groups is 1. The molecule has 0 radical (unpaired) electrons. The zero-order valence-electron chi connectivity index (χ0n) is 42.3. The van der Waals surface area contributed by atoms with E-state index in [4.69, 9.17) is 18.5 Å². The van der Waals surface area contributed by atoms with E-state index in [1.54, 1.807) is 0 Å². The normalized spacial score (nSPS) is 13.4. The molecule has 2 atom stereocenters. The number of rotatable bonds is 50. The molecule has 0 saturated heterocycles. The van der Waals surface area contributed by atoms with E-state index in [-0.39, 0.29) is 25.6 Å². The third-order valence-electron chi connectivity index (χ3n) is 12.0. The van der Waals surface area contributed by atoms with E-state index < -0.39 is 26.5 Å². The zero-order chi connectivity index (χ0) is 46.4. The molecule has 0 rings (SSSR count). The summed E-state index contributed by atoms with van der Waals surface area (Å²) in [5, 5.41) is 0. The Kier molecular flexibility index (Phi) is 45.0. The van der Waals surface area contributed by atoms with Crippen LogP contribution in [0.15, 0.2) is 12.2 Å². The molecule has 63 heavy (non-hydrogen) atoms. The summed E-state index contributed by atoms with van der Waals surface area (Å²) in [6, 6.07) is 0. The Balaban J connectivity index is 4.19. The molecule has 0 aromatic rings. The van der Waals surface area contributed by atoms with E-state index in [9.17, 15) is 19.0 Å². The molecular formula is C53H105NO8P+. The van der Waals surface area contributed by atoms with Gasteiger partial charge < -0.3 is 18.9 Å². The van der Waals surface area contributed by atoms with Gasteiger partial charge in [-0.15, -0.1) is 0 Å². The van der Waals surface area contributed by atoms with Gasteiger partial charge in [-0.1, -0.05) is 225 Å². The predicted molar refractivity (Wildman–Crippen MR) is 266 cm³/mol. The summed E-state index contributed by atoms with van der Waals surface area (Å²) in [5.74, 6) is -0.783. The van der Waals surface area contributed by atoms with Gasteiger partial charge in [0.25, 0.3) is 0 Å². The standard InChI is InChI=1S/C53H104NO8P/c1-6-8-10-12-14-16-18-20-22-24-26-28-30-32-34-36-38-40-42-44-46-53(56)62-51(50-61-63(57,58)60-48-47-54(3,4)5)49-59-52(55)45-43-41-39-37-35-33-31-29-27-25-23-21-19-17-15-13-11-9-7-2/h21,23,51H,6-20,22,24-50H2,1-5H3/p+1/b23-21+/t51-/m1/s1. The van der Waals surface area contributed by atoms with Crippen LogP contribution in [0.3, 0.4) is 0 Å². The van der Waals surface area contributed by atoms with Gasteiger partial charge in [-0.3, -0.25) is 18.6 Å². The van der Waals surface area contributed by atoms with Crippen molar-refractivity contribution in [3.63, 3.8) is 0 Å². The second kappa shape index (κ2) is 45.9. The Morgan fingerprint density at radius 3 is 1.17 bits per heavy atom. The maximum Gasteiger partial charge on any atom is 0.472 e. The van der Waals surface area contributed by atoms with Crippen molar-refractivity contribution in [3.05, 3.63) is 12.2 Å². The van der Waals surface area contributed by atoms with Crippen molar-refractivity contribution in [2.24, 2.45) is 0 Å². The zero-order valence-corrected chi connectivity index (χ0v) is 43.2. The average molecular weight is 915 g/mol. The molecule has 0 aliphatic rings. The van der Waals surface area contributed by atoms with Crippen molar-refractivity contribution < 1.29 is 42.1 Å². The minimum Gasteiger partial charge on any atom is -0.462 e. The molecule has 0 aliphatic heterocycles. The quantitative estimate of drug-likeness (QED) is 0.0211. The lowest BCUT2D eigenvalue weighted by atomic mass is 10.0. The summed E-state index contributed by atoms with van der Waals surface area (Å²) in [6.45, 7) is 4.48. The minimum atomic E-state index is -4.38. The number of quaternary nitrogens is 1. The Morgan fingerprint density at radius 2 is 0.810 bits per heavy atom. The van der Waals surface area contributed by atoms with Crippen LogP contribution in [0.25, 0.3) is 0 Å². The topological polar surface area (TPSA) is 108 Å². The van der Waals surface area contributed by atoms with Crippen LogP contribution >= 0.6 is 7.82 Å². The summed E-state index contributed by atoms with van der Waals surface area (Å²) >= 11 is 0. The summed E-state index contributed by atoms with van der Waals surface area (Å²) in [5.41, 5.74) is 0. The van der Waals surface area contributed by atoms with Gasteiger partial charge in [0.2, 0.25) is 0 Å². The summed E-state index contributed by atoms with van der Waals surface area (Å²) in [7, 11) is 1.49. The minimum absolute atomic E-state index is 0.0351. The Labute approximate surface area is 390 Å². The van der Waals surface area contributed by atoms with Crippen molar-refractivity contribution >= 4 is 19.8 Å². The van der Waals surface area contributed by atoms with Crippen LogP contribution in [0, 0.1) is 0 Å².